The Balaban J connectivity index is 2.11. The molecule has 0 aliphatic heterocycles. The lowest BCUT2D eigenvalue weighted by molar-refractivity contribution is -0.384. The van der Waals surface area contributed by atoms with E-state index in [1.165, 1.54) is 37.3 Å². The van der Waals surface area contributed by atoms with Gasteiger partial charge in [-0.05, 0) is 18.6 Å². The van der Waals surface area contributed by atoms with Crippen molar-refractivity contribution in [2.45, 2.75) is 18.7 Å². The predicted molar refractivity (Wildman–Crippen MR) is 83.6 cm³/mol. The summed E-state index contributed by atoms with van der Waals surface area (Å²) in [6, 6.07) is 7.07. The molecule has 1 N–H and O–H groups in total. The van der Waals surface area contributed by atoms with E-state index in [0.717, 1.165) is 6.07 Å². The van der Waals surface area contributed by atoms with Gasteiger partial charge < -0.3 is 0 Å². The van der Waals surface area contributed by atoms with Gasteiger partial charge in [-0.25, -0.2) is 21.9 Å². The lowest BCUT2D eigenvalue weighted by atomic mass is 10.1. The second-order valence-electron chi connectivity index (χ2n) is 5.19. The molecule has 0 unspecified atom stereocenters. The molecule has 128 valence electrons. The summed E-state index contributed by atoms with van der Waals surface area (Å²) in [5.74, 6) is -2.02. The van der Waals surface area contributed by atoms with E-state index in [1.807, 2.05) is 0 Å². The van der Waals surface area contributed by atoms with Crippen molar-refractivity contribution < 1.29 is 22.1 Å². The predicted octanol–water partition coefficient (Wildman–Crippen LogP) is 3.05. The van der Waals surface area contributed by atoms with E-state index in [0.29, 0.717) is 11.6 Å². The highest BCUT2D eigenvalue weighted by atomic mass is 32.2. The molecule has 6 nitrogen and oxygen atoms in total. The fraction of sp³-hybridized carbons (Fsp3) is 0.200. The molecule has 0 amide bonds. The largest absolute Gasteiger partial charge is 0.269 e. The lowest BCUT2D eigenvalue weighted by Crippen LogP contribution is -2.28. The molecule has 0 heterocycles. The van der Waals surface area contributed by atoms with Crippen LogP contribution in [0.5, 0.6) is 0 Å². The molecule has 0 spiro atoms. The topological polar surface area (TPSA) is 89.3 Å². The van der Waals surface area contributed by atoms with Gasteiger partial charge in [-0.2, -0.15) is 0 Å². The van der Waals surface area contributed by atoms with Gasteiger partial charge in [0.25, 0.3) is 5.69 Å². The number of rotatable bonds is 6. The van der Waals surface area contributed by atoms with E-state index < -0.39 is 38.4 Å². The minimum absolute atomic E-state index is 0.0173. The van der Waals surface area contributed by atoms with Crippen LogP contribution in [0.25, 0.3) is 0 Å². The SMILES string of the molecule is C[C@H](NS(=O)(=O)Cc1ccc([N+](=O)[O-])cc1)c1ccc(F)cc1F. The maximum absolute atomic E-state index is 13.7. The van der Waals surface area contributed by atoms with Crippen LogP contribution in [0.3, 0.4) is 0 Å². The van der Waals surface area contributed by atoms with E-state index >= 15 is 0 Å². The van der Waals surface area contributed by atoms with E-state index in [9.17, 15) is 27.3 Å². The maximum Gasteiger partial charge on any atom is 0.269 e. The quantitative estimate of drug-likeness (QED) is 0.636. The number of hydrogen-bond donors (Lipinski definition) is 1. The van der Waals surface area contributed by atoms with Crippen molar-refractivity contribution >= 4 is 15.7 Å². The van der Waals surface area contributed by atoms with Crippen molar-refractivity contribution in [3.63, 3.8) is 0 Å². The number of sulfonamides is 1. The Bertz CT molecular complexity index is 854. The minimum Gasteiger partial charge on any atom is -0.258 e. The van der Waals surface area contributed by atoms with Gasteiger partial charge in [-0.1, -0.05) is 18.2 Å². The van der Waals surface area contributed by atoms with Crippen LogP contribution in [0.2, 0.25) is 0 Å². The van der Waals surface area contributed by atoms with Crippen molar-refractivity contribution in [1.29, 1.82) is 0 Å². The van der Waals surface area contributed by atoms with Gasteiger partial charge in [0.2, 0.25) is 10.0 Å². The first-order valence-corrected chi connectivity index (χ1v) is 8.51. The molecule has 0 aliphatic rings. The van der Waals surface area contributed by atoms with Gasteiger partial charge in [0.15, 0.2) is 0 Å². The van der Waals surface area contributed by atoms with Gasteiger partial charge >= 0.3 is 0 Å². The standard InChI is InChI=1S/C15H14F2N2O4S/c1-10(14-7-4-12(16)8-15(14)17)18-24(22,23)9-11-2-5-13(6-3-11)19(20)21/h2-8,10,18H,9H2,1H3/t10-/m0/s1. The highest BCUT2D eigenvalue weighted by molar-refractivity contribution is 7.88. The maximum atomic E-state index is 13.7. The Kier molecular flexibility index (Phi) is 5.25. The van der Waals surface area contributed by atoms with Gasteiger partial charge in [0.05, 0.1) is 10.7 Å². The normalized spacial score (nSPS) is 12.8. The summed E-state index contributed by atoms with van der Waals surface area (Å²) in [7, 11) is -3.82. The zero-order valence-electron chi connectivity index (χ0n) is 12.6. The van der Waals surface area contributed by atoms with E-state index in [-0.39, 0.29) is 11.3 Å². The van der Waals surface area contributed by atoms with Crippen LogP contribution in [0.1, 0.15) is 24.1 Å². The molecular formula is C15H14F2N2O4S. The smallest absolute Gasteiger partial charge is 0.258 e. The Morgan fingerprint density at radius 3 is 2.33 bits per heavy atom. The van der Waals surface area contributed by atoms with Crippen LogP contribution in [-0.4, -0.2) is 13.3 Å². The van der Waals surface area contributed by atoms with E-state index in [2.05, 4.69) is 4.72 Å². The lowest BCUT2D eigenvalue weighted by Gasteiger charge is -2.15. The van der Waals surface area contributed by atoms with Crippen molar-refractivity contribution in [1.82, 2.24) is 4.72 Å². The number of benzene rings is 2. The Labute approximate surface area is 137 Å². The molecule has 0 fully saturated rings. The first-order valence-electron chi connectivity index (χ1n) is 6.86. The minimum atomic E-state index is -3.82. The van der Waals surface area contributed by atoms with E-state index in [1.54, 1.807) is 0 Å². The number of hydrogen-bond acceptors (Lipinski definition) is 4. The fourth-order valence-corrected chi connectivity index (χ4v) is 3.54. The molecular weight excluding hydrogens is 342 g/mol. The third-order valence-electron chi connectivity index (χ3n) is 3.29. The van der Waals surface area contributed by atoms with Crippen LogP contribution < -0.4 is 4.72 Å². The molecule has 0 aliphatic carbocycles. The number of nitrogens with one attached hydrogen (secondary N) is 1. The number of nitro groups is 1. The molecule has 2 aromatic carbocycles. The van der Waals surface area contributed by atoms with Gasteiger partial charge in [0, 0.05) is 29.8 Å². The summed E-state index contributed by atoms with van der Waals surface area (Å²) in [5, 5.41) is 10.6. The Morgan fingerprint density at radius 1 is 1.17 bits per heavy atom. The fourth-order valence-electron chi connectivity index (χ4n) is 2.16. The monoisotopic (exact) mass is 356 g/mol. The summed E-state index contributed by atoms with van der Waals surface area (Å²) in [6.07, 6.45) is 0. The average Bonchev–Trinajstić information content (AvgIpc) is 2.46. The highest BCUT2D eigenvalue weighted by Gasteiger charge is 2.19. The molecule has 0 saturated carbocycles. The summed E-state index contributed by atoms with van der Waals surface area (Å²) < 4.78 is 53.2. The van der Waals surface area contributed by atoms with Crippen LogP contribution >= 0.6 is 0 Å². The summed E-state index contributed by atoms with van der Waals surface area (Å²) >= 11 is 0. The Morgan fingerprint density at radius 2 is 1.79 bits per heavy atom. The molecule has 0 aromatic heterocycles. The third kappa shape index (κ3) is 4.56. The highest BCUT2D eigenvalue weighted by Crippen LogP contribution is 2.20. The third-order valence-corrected chi connectivity index (χ3v) is 4.72. The second kappa shape index (κ2) is 7.02. The summed E-state index contributed by atoms with van der Waals surface area (Å²) in [5.41, 5.74) is 0.217. The Hall–Kier alpha value is -2.39. The van der Waals surface area contributed by atoms with Crippen LogP contribution in [0, 0.1) is 21.7 Å². The van der Waals surface area contributed by atoms with Gasteiger partial charge in [0.1, 0.15) is 11.6 Å². The van der Waals surface area contributed by atoms with Crippen LogP contribution in [0.4, 0.5) is 14.5 Å². The average molecular weight is 356 g/mol. The number of nitro benzene ring substituents is 1. The molecule has 0 bridgehead atoms. The molecule has 0 radical (unpaired) electrons. The number of halogens is 2. The molecule has 9 heteroatoms. The van der Waals surface area contributed by atoms with Crippen molar-refractivity contribution in [3.05, 3.63) is 75.3 Å². The summed E-state index contributed by atoms with van der Waals surface area (Å²) in [4.78, 5) is 9.98. The second-order valence-corrected chi connectivity index (χ2v) is 6.94. The van der Waals surface area contributed by atoms with Crippen molar-refractivity contribution in [2.24, 2.45) is 0 Å². The van der Waals surface area contributed by atoms with E-state index in [4.69, 9.17) is 0 Å². The van der Waals surface area contributed by atoms with Gasteiger partial charge in [-0.15, -0.1) is 0 Å². The van der Waals surface area contributed by atoms with Crippen molar-refractivity contribution in [2.75, 3.05) is 0 Å². The van der Waals surface area contributed by atoms with Crippen LogP contribution in [-0.2, 0) is 15.8 Å². The van der Waals surface area contributed by atoms with Crippen molar-refractivity contribution in [3.8, 4) is 0 Å². The number of nitrogens with zero attached hydrogens (tertiary/aromatic N) is 1. The molecule has 2 rings (SSSR count). The number of non-ortho nitro benzene ring substituents is 1. The zero-order valence-corrected chi connectivity index (χ0v) is 13.4. The van der Waals surface area contributed by atoms with Crippen LogP contribution in [0.15, 0.2) is 42.5 Å². The first-order chi connectivity index (χ1) is 11.2. The molecule has 24 heavy (non-hydrogen) atoms. The molecule has 2 aromatic rings. The first kappa shape index (κ1) is 18.0. The zero-order chi connectivity index (χ0) is 17.9. The summed E-state index contributed by atoms with van der Waals surface area (Å²) in [6.45, 7) is 1.43. The molecule has 1 atom stereocenters. The van der Waals surface area contributed by atoms with Gasteiger partial charge in [-0.3, -0.25) is 10.1 Å². The molecule has 0 saturated heterocycles.